The van der Waals surface area contributed by atoms with Crippen LogP contribution in [0, 0.1) is 5.92 Å². The van der Waals surface area contributed by atoms with E-state index in [1.807, 2.05) is 4.90 Å². The van der Waals surface area contributed by atoms with E-state index in [0.717, 1.165) is 17.7 Å². The molecule has 2 fully saturated rings. The van der Waals surface area contributed by atoms with Crippen LogP contribution in [0.15, 0.2) is 18.2 Å². The standard InChI is InChI=1S/C16H16N2O4/c1-22-16(21)8-2-3-11-9(6-8)15-10(7-13(19)17-15)12-4-5-14(20)18(11)12/h2-3,6,10,12,15H,4-5,7H2,1H3,(H,17,19)/t10-,12-,15+/m0/s1. The lowest BCUT2D eigenvalue weighted by Gasteiger charge is -2.39. The van der Waals surface area contributed by atoms with Crippen LogP contribution in [0.4, 0.5) is 5.69 Å². The van der Waals surface area contributed by atoms with Gasteiger partial charge in [0.2, 0.25) is 11.8 Å². The first kappa shape index (κ1) is 13.3. The van der Waals surface area contributed by atoms with Crippen LogP contribution in [0.1, 0.15) is 41.2 Å². The molecule has 3 atom stereocenters. The summed E-state index contributed by atoms with van der Waals surface area (Å²) in [4.78, 5) is 37.7. The zero-order chi connectivity index (χ0) is 15.4. The van der Waals surface area contributed by atoms with Crippen molar-refractivity contribution in [1.29, 1.82) is 0 Å². The lowest BCUT2D eigenvalue weighted by Crippen LogP contribution is -2.45. The number of methoxy groups -OCH3 is 1. The van der Waals surface area contributed by atoms with Crippen LogP contribution >= 0.6 is 0 Å². The van der Waals surface area contributed by atoms with E-state index in [4.69, 9.17) is 4.74 Å². The van der Waals surface area contributed by atoms with Crippen LogP contribution in [0.5, 0.6) is 0 Å². The van der Waals surface area contributed by atoms with Crippen LogP contribution < -0.4 is 10.2 Å². The van der Waals surface area contributed by atoms with E-state index in [2.05, 4.69) is 5.32 Å². The summed E-state index contributed by atoms with van der Waals surface area (Å²) in [6.45, 7) is 0. The number of hydrogen-bond acceptors (Lipinski definition) is 4. The van der Waals surface area contributed by atoms with Crippen molar-refractivity contribution in [2.24, 2.45) is 5.92 Å². The average Bonchev–Trinajstić information content (AvgIpc) is 3.09. The van der Waals surface area contributed by atoms with Gasteiger partial charge in [-0.15, -0.1) is 0 Å². The van der Waals surface area contributed by atoms with Crippen molar-refractivity contribution in [2.45, 2.75) is 31.3 Å². The fraction of sp³-hybridized carbons (Fsp3) is 0.438. The Morgan fingerprint density at radius 1 is 1.36 bits per heavy atom. The summed E-state index contributed by atoms with van der Waals surface area (Å²) in [5, 5.41) is 2.99. The van der Waals surface area contributed by atoms with E-state index in [-0.39, 0.29) is 29.8 Å². The molecule has 1 aromatic carbocycles. The van der Waals surface area contributed by atoms with Crippen LogP contribution in [-0.4, -0.2) is 30.9 Å². The third kappa shape index (κ3) is 1.70. The van der Waals surface area contributed by atoms with Crippen LogP contribution in [-0.2, 0) is 14.3 Å². The summed E-state index contributed by atoms with van der Waals surface area (Å²) >= 11 is 0. The molecule has 114 valence electrons. The average molecular weight is 300 g/mol. The van der Waals surface area contributed by atoms with E-state index in [1.54, 1.807) is 18.2 Å². The Morgan fingerprint density at radius 2 is 2.18 bits per heavy atom. The van der Waals surface area contributed by atoms with Gasteiger partial charge in [-0.05, 0) is 30.2 Å². The zero-order valence-electron chi connectivity index (χ0n) is 12.2. The van der Waals surface area contributed by atoms with Crippen molar-refractivity contribution >= 4 is 23.5 Å². The maximum atomic E-state index is 12.2. The van der Waals surface area contributed by atoms with E-state index in [0.29, 0.717) is 18.4 Å². The van der Waals surface area contributed by atoms with E-state index < -0.39 is 5.97 Å². The lowest BCUT2D eigenvalue weighted by atomic mass is 9.81. The van der Waals surface area contributed by atoms with Crippen molar-refractivity contribution in [1.82, 2.24) is 5.32 Å². The predicted octanol–water partition coefficient (Wildman–Crippen LogP) is 1.16. The highest BCUT2D eigenvalue weighted by Crippen LogP contribution is 2.48. The first-order chi connectivity index (χ1) is 10.6. The summed E-state index contributed by atoms with van der Waals surface area (Å²) < 4.78 is 4.76. The Balaban J connectivity index is 1.86. The number of esters is 1. The van der Waals surface area contributed by atoms with Crippen molar-refractivity contribution in [3.63, 3.8) is 0 Å². The molecule has 0 radical (unpaired) electrons. The van der Waals surface area contributed by atoms with E-state index >= 15 is 0 Å². The first-order valence-electron chi connectivity index (χ1n) is 7.44. The molecule has 3 heterocycles. The monoisotopic (exact) mass is 300 g/mol. The molecule has 6 heteroatoms. The van der Waals surface area contributed by atoms with Gasteiger partial charge in [-0.3, -0.25) is 9.59 Å². The van der Waals surface area contributed by atoms with E-state index in [1.165, 1.54) is 7.11 Å². The molecule has 1 N–H and O–H groups in total. The number of carbonyl (C=O) groups is 3. The van der Waals surface area contributed by atoms with Gasteiger partial charge in [0.05, 0.1) is 18.7 Å². The van der Waals surface area contributed by atoms with Gasteiger partial charge >= 0.3 is 5.97 Å². The number of nitrogens with one attached hydrogen (secondary N) is 1. The number of ether oxygens (including phenoxy) is 1. The molecule has 0 aliphatic carbocycles. The summed E-state index contributed by atoms with van der Waals surface area (Å²) in [7, 11) is 1.34. The van der Waals surface area contributed by atoms with Gasteiger partial charge in [0, 0.05) is 30.5 Å². The molecule has 6 nitrogen and oxygen atoms in total. The van der Waals surface area contributed by atoms with Gasteiger partial charge in [-0.1, -0.05) is 0 Å². The fourth-order valence-electron chi connectivity index (χ4n) is 4.03. The Kier molecular flexibility index (Phi) is 2.76. The number of rotatable bonds is 1. The molecule has 0 aromatic heterocycles. The Labute approximate surface area is 127 Å². The summed E-state index contributed by atoms with van der Waals surface area (Å²) in [5.41, 5.74) is 2.08. The molecule has 3 aliphatic heterocycles. The number of hydrogen-bond donors (Lipinski definition) is 1. The summed E-state index contributed by atoms with van der Waals surface area (Å²) in [5.74, 6) is -0.238. The van der Waals surface area contributed by atoms with Crippen molar-refractivity contribution in [2.75, 3.05) is 12.0 Å². The second kappa shape index (κ2) is 4.56. The first-order valence-corrected chi connectivity index (χ1v) is 7.44. The third-order valence-electron chi connectivity index (χ3n) is 4.96. The molecule has 4 rings (SSSR count). The zero-order valence-corrected chi connectivity index (χ0v) is 12.2. The van der Waals surface area contributed by atoms with Gasteiger partial charge in [0.15, 0.2) is 0 Å². The molecule has 3 aliphatic rings. The highest BCUT2D eigenvalue weighted by Gasteiger charge is 2.50. The van der Waals surface area contributed by atoms with Crippen molar-refractivity contribution in [3.8, 4) is 0 Å². The van der Waals surface area contributed by atoms with Crippen LogP contribution in [0.3, 0.4) is 0 Å². The molecule has 22 heavy (non-hydrogen) atoms. The summed E-state index contributed by atoms with van der Waals surface area (Å²) in [6.07, 6.45) is 1.73. The SMILES string of the molecule is COC(=O)c1ccc2c(c1)[C@H]1NC(=O)C[C@H]1[C@@H]1CCC(=O)N21. The normalized spacial score (nSPS) is 28.8. The summed E-state index contributed by atoms with van der Waals surface area (Å²) in [6, 6.07) is 5.15. The minimum Gasteiger partial charge on any atom is -0.465 e. The Hall–Kier alpha value is -2.37. The predicted molar refractivity (Wildman–Crippen MR) is 77.3 cm³/mol. The second-order valence-electron chi connectivity index (χ2n) is 6.05. The molecule has 0 spiro atoms. The number of anilines is 1. The van der Waals surface area contributed by atoms with Gasteiger partial charge < -0.3 is 15.0 Å². The van der Waals surface area contributed by atoms with E-state index in [9.17, 15) is 14.4 Å². The lowest BCUT2D eigenvalue weighted by molar-refractivity contribution is -0.120. The molecule has 0 unspecified atom stereocenters. The molecule has 1 aromatic rings. The van der Waals surface area contributed by atoms with Gasteiger partial charge in [0.1, 0.15) is 0 Å². The third-order valence-corrected chi connectivity index (χ3v) is 4.96. The Bertz CT molecular complexity index is 699. The fourth-order valence-corrected chi connectivity index (χ4v) is 4.03. The molecule has 0 bridgehead atoms. The smallest absolute Gasteiger partial charge is 0.337 e. The number of amides is 2. The number of carbonyl (C=O) groups excluding carboxylic acids is 3. The molecular weight excluding hydrogens is 284 g/mol. The maximum Gasteiger partial charge on any atom is 0.337 e. The molecular formula is C16H16N2O4. The topological polar surface area (TPSA) is 75.7 Å². The number of benzene rings is 1. The maximum absolute atomic E-state index is 12.2. The van der Waals surface area contributed by atoms with Gasteiger partial charge in [-0.2, -0.15) is 0 Å². The largest absolute Gasteiger partial charge is 0.465 e. The quantitative estimate of drug-likeness (QED) is 0.790. The van der Waals surface area contributed by atoms with Crippen molar-refractivity contribution in [3.05, 3.63) is 29.3 Å². The number of fused-ring (bicyclic) bond motifs is 6. The number of nitrogens with zero attached hydrogens (tertiary/aromatic N) is 1. The van der Waals surface area contributed by atoms with Gasteiger partial charge in [0.25, 0.3) is 0 Å². The minimum atomic E-state index is -0.418. The highest BCUT2D eigenvalue weighted by atomic mass is 16.5. The minimum absolute atomic E-state index is 0.00520. The Morgan fingerprint density at radius 3 is 2.95 bits per heavy atom. The molecule has 2 saturated heterocycles. The highest BCUT2D eigenvalue weighted by molar-refractivity contribution is 6.00. The van der Waals surface area contributed by atoms with Gasteiger partial charge in [-0.25, -0.2) is 4.79 Å². The second-order valence-corrected chi connectivity index (χ2v) is 6.05. The molecule has 0 saturated carbocycles. The van der Waals surface area contributed by atoms with Crippen LogP contribution in [0.2, 0.25) is 0 Å². The molecule has 2 amide bonds. The van der Waals surface area contributed by atoms with Crippen molar-refractivity contribution < 1.29 is 19.1 Å². The van der Waals surface area contributed by atoms with Crippen LogP contribution in [0.25, 0.3) is 0 Å².